The van der Waals surface area contributed by atoms with E-state index in [-0.39, 0.29) is 11.3 Å². The van der Waals surface area contributed by atoms with E-state index < -0.39 is 52.8 Å². The standard InChI is InChI=1S/C16H16Br2F3NO2/c1-6-11(19)13(21)7(14(22)12(6)20)5-24-15(23)10-8(4-9(17)18)16(10,2)3/h4,8,10H,5,22H2,1-3H3/t8-,10-/m0/s1. The first-order valence-electron chi connectivity index (χ1n) is 7.11. The van der Waals surface area contributed by atoms with Crippen molar-refractivity contribution in [3.8, 4) is 0 Å². The van der Waals surface area contributed by atoms with Crippen molar-refractivity contribution < 1.29 is 22.7 Å². The summed E-state index contributed by atoms with van der Waals surface area (Å²) in [6.07, 6.45) is 1.83. The largest absolute Gasteiger partial charge is 0.460 e. The highest BCUT2D eigenvalue weighted by Crippen LogP contribution is 2.60. The first-order chi connectivity index (χ1) is 11.0. The van der Waals surface area contributed by atoms with Crippen molar-refractivity contribution in [1.82, 2.24) is 0 Å². The molecule has 1 aromatic rings. The molecule has 1 saturated carbocycles. The molecule has 0 saturated heterocycles. The number of ether oxygens (including phenoxy) is 1. The molecule has 0 aromatic heterocycles. The lowest BCUT2D eigenvalue weighted by atomic mass is 10.1. The number of halogens is 5. The van der Waals surface area contributed by atoms with E-state index in [1.165, 1.54) is 0 Å². The minimum atomic E-state index is -1.33. The maximum atomic E-state index is 13.9. The molecule has 0 amide bonds. The van der Waals surface area contributed by atoms with Crippen molar-refractivity contribution in [2.45, 2.75) is 27.4 Å². The van der Waals surface area contributed by atoms with Crippen molar-refractivity contribution in [1.29, 1.82) is 0 Å². The highest BCUT2D eigenvalue weighted by Gasteiger charge is 2.61. The van der Waals surface area contributed by atoms with Crippen LogP contribution in [0.3, 0.4) is 0 Å². The fourth-order valence-electron chi connectivity index (χ4n) is 2.80. The summed E-state index contributed by atoms with van der Waals surface area (Å²) in [4.78, 5) is 12.2. The zero-order valence-electron chi connectivity index (χ0n) is 13.2. The summed E-state index contributed by atoms with van der Waals surface area (Å²) < 4.78 is 47.1. The Morgan fingerprint density at radius 1 is 1.25 bits per heavy atom. The molecule has 3 nitrogen and oxygen atoms in total. The molecule has 8 heteroatoms. The number of carbonyl (C=O) groups is 1. The third-order valence-electron chi connectivity index (χ3n) is 4.51. The number of anilines is 1. The summed E-state index contributed by atoms with van der Waals surface area (Å²) in [7, 11) is 0. The van der Waals surface area contributed by atoms with Crippen LogP contribution in [0.1, 0.15) is 25.0 Å². The van der Waals surface area contributed by atoms with E-state index in [1.807, 2.05) is 19.9 Å². The number of benzene rings is 1. The van der Waals surface area contributed by atoms with Gasteiger partial charge in [0.25, 0.3) is 0 Å². The van der Waals surface area contributed by atoms with Gasteiger partial charge in [0.1, 0.15) is 6.61 Å². The van der Waals surface area contributed by atoms with Gasteiger partial charge in [-0.1, -0.05) is 19.9 Å². The highest BCUT2D eigenvalue weighted by atomic mass is 79.9. The van der Waals surface area contributed by atoms with E-state index in [9.17, 15) is 18.0 Å². The van der Waals surface area contributed by atoms with Gasteiger partial charge in [-0.3, -0.25) is 4.79 Å². The smallest absolute Gasteiger partial charge is 0.310 e. The molecule has 0 unspecified atom stereocenters. The molecule has 1 fully saturated rings. The van der Waals surface area contributed by atoms with Crippen molar-refractivity contribution in [2.24, 2.45) is 17.3 Å². The van der Waals surface area contributed by atoms with Gasteiger partial charge in [0.05, 0.1) is 20.6 Å². The summed E-state index contributed by atoms with van der Waals surface area (Å²) in [6.45, 7) is 4.25. The van der Waals surface area contributed by atoms with Gasteiger partial charge in [-0.2, -0.15) is 0 Å². The summed E-state index contributed by atoms with van der Waals surface area (Å²) in [5.41, 5.74) is 3.62. The van der Waals surface area contributed by atoms with Gasteiger partial charge >= 0.3 is 5.97 Å². The van der Waals surface area contributed by atoms with Crippen LogP contribution in [0, 0.1) is 41.6 Å². The first kappa shape index (κ1) is 19.3. The number of allylic oxidation sites excluding steroid dienone is 1. The van der Waals surface area contributed by atoms with Gasteiger partial charge in [-0.05, 0) is 50.1 Å². The average Bonchev–Trinajstić information content (AvgIpc) is 3.02. The molecular formula is C16H16Br2F3NO2. The molecule has 0 bridgehead atoms. The second-order valence-electron chi connectivity index (χ2n) is 6.35. The fraction of sp³-hybridized carbons (Fsp3) is 0.438. The first-order valence-corrected chi connectivity index (χ1v) is 8.69. The molecule has 1 aromatic carbocycles. The average molecular weight is 471 g/mol. The molecule has 2 N–H and O–H groups in total. The minimum absolute atomic E-state index is 0.0626. The van der Waals surface area contributed by atoms with E-state index in [1.54, 1.807) is 0 Å². The van der Waals surface area contributed by atoms with E-state index in [2.05, 4.69) is 31.9 Å². The maximum Gasteiger partial charge on any atom is 0.310 e. The lowest BCUT2D eigenvalue weighted by molar-refractivity contribution is -0.147. The number of hydrogen-bond acceptors (Lipinski definition) is 3. The predicted octanol–water partition coefficient (Wildman–Crippen LogP) is 4.94. The number of rotatable bonds is 4. The Morgan fingerprint density at radius 3 is 2.38 bits per heavy atom. The Kier molecular flexibility index (Phi) is 5.40. The van der Waals surface area contributed by atoms with E-state index in [4.69, 9.17) is 10.5 Å². The number of hydrogen-bond donors (Lipinski definition) is 1. The summed E-state index contributed by atoms with van der Waals surface area (Å²) in [5, 5.41) is 0. The van der Waals surface area contributed by atoms with Crippen molar-refractivity contribution in [2.75, 3.05) is 5.73 Å². The Morgan fingerprint density at radius 2 is 1.83 bits per heavy atom. The van der Waals surface area contributed by atoms with Crippen LogP contribution in [0.25, 0.3) is 0 Å². The molecule has 0 radical (unpaired) electrons. The number of esters is 1. The van der Waals surface area contributed by atoms with Crippen LogP contribution in [0.2, 0.25) is 0 Å². The van der Waals surface area contributed by atoms with Crippen molar-refractivity contribution >= 4 is 43.5 Å². The van der Waals surface area contributed by atoms with Gasteiger partial charge in [0.15, 0.2) is 17.5 Å². The Bertz CT molecular complexity index is 702. The monoisotopic (exact) mass is 469 g/mol. The van der Waals surface area contributed by atoms with E-state index in [0.717, 1.165) is 6.92 Å². The molecule has 0 spiro atoms. The Balaban J connectivity index is 2.16. The van der Waals surface area contributed by atoms with Gasteiger partial charge < -0.3 is 10.5 Å². The zero-order chi connectivity index (χ0) is 18.4. The molecule has 24 heavy (non-hydrogen) atoms. The van der Waals surface area contributed by atoms with Gasteiger partial charge in [0, 0.05) is 5.56 Å². The lowest BCUT2D eigenvalue weighted by Crippen LogP contribution is -2.14. The Labute approximate surface area is 154 Å². The van der Waals surface area contributed by atoms with Gasteiger partial charge in [0.2, 0.25) is 0 Å². The third-order valence-corrected chi connectivity index (χ3v) is 5.04. The summed E-state index contributed by atoms with van der Waals surface area (Å²) in [6, 6.07) is 0. The van der Waals surface area contributed by atoms with Gasteiger partial charge in [-0.25, -0.2) is 13.2 Å². The van der Waals surface area contributed by atoms with Crippen LogP contribution in [-0.2, 0) is 16.1 Å². The Hall–Kier alpha value is -1.02. The van der Waals surface area contributed by atoms with Crippen LogP contribution >= 0.6 is 31.9 Å². The number of nitrogens with two attached hydrogens (primary N) is 1. The van der Waals surface area contributed by atoms with Crippen LogP contribution < -0.4 is 5.73 Å². The van der Waals surface area contributed by atoms with Crippen LogP contribution in [0.4, 0.5) is 18.9 Å². The molecule has 2 atom stereocenters. The predicted molar refractivity (Wildman–Crippen MR) is 92.0 cm³/mol. The summed E-state index contributed by atoms with van der Waals surface area (Å²) >= 11 is 6.47. The molecule has 0 heterocycles. The maximum absolute atomic E-state index is 13.9. The van der Waals surface area contributed by atoms with Gasteiger partial charge in [-0.15, -0.1) is 0 Å². The molecule has 0 aliphatic heterocycles. The van der Waals surface area contributed by atoms with E-state index in [0.29, 0.717) is 3.39 Å². The van der Waals surface area contributed by atoms with Crippen LogP contribution in [0.5, 0.6) is 0 Å². The lowest BCUT2D eigenvalue weighted by Gasteiger charge is -2.12. The molecule has 1 aliphatic carbocycles. The van der Waals surface area contributed by atoms with E-state index >= 15 is 0 Å². The molecular weight excluding hydrogens is 455 g/mol. The van der Waals surface area contributed by atoms with Crippen LogP contribution in [-0.4, -0.2) is 5.97 Å². The number of carbonyl (C=O) groups excluding carboxylic acids is 1. The highest BCUT2D eigenvalue weighted by molar-refractivity contribution is 9.28. The third kappa shape index (κ3) is 3.35. The second-order valence-corrected chi connectivity index (χ2v) is 9.12. The molecule has 2 rings (SSSR count). The second kappa shape index (κ2) is 6.71. The van der Waals surface area contributed by atoms with Crippen molar-refractivity contribution in [3.63, 3.8) is 0 Å². The topological polar surface area (TPSA) is 52.3 Å². The van der Waals surface area contributed by atoms with Crippen LogP contribution in [0.15, 0.2) is 9.47 Å². The SMILES string of the molecule is Cc1c(F)c(N)c(COC(=O)[C@@H]2[C@H](C=C(Br)Br)C2(C)C)c(F)c1F. The van der Waals surface area contributed by atoms with Crippen molar-refractivity contribution in [3.05, 3.63) is 38.0 Å². The molecule has 132 valence electrons. The molecule has 1 aliphatic rings. The minimum Gasteiger partial charge on any atom is -0.460 e. The quantitative estimate of drug-likeness (QED) is 0.385. The zero-order valence-corrected chi connectivity index (χ0v) is 16.4. The fourth-order valence-corrected chi connectivity index (χ4v) is 3.36. The normalized spacial score (nSPS) is 21.3. The number of nitrogen functional groups attached to an aromatic ring is 1. The summed E-state index contributed by atoms with van der Waals surface area (Å²) in [5.74, 6) is -4.73.